The highest BCUT2D eigenvalue weighted by Gasteiger charge is 2.14. The van der Waals surface area contributed by atoms with Gasteiger partial charge < -0.3 is 19.6 Å². The first-order chi connectivity index (χ1) is 12.2. The fourth-order valence-corrected chi connectivity index (χ4v) is 3.80. The van der Waals surface area contributed by atoms with Crippen LogP contribution in [0.25, 0.3) is 0 Å². The zero-order chi connectivity index (χ0) is 19.9. The molecule has 0 spiro atoms. The molecule has 0 aliphatic carbocycles. The van der Waals surface area contributed by atoms with Crippen LogP contribution in [0.2, 0.25) is 0 Å². The fourth-order valence-electron chi connectivity index (χ4n) is 1.84. The van der Waals surface area contributed by atoms with E-state index < -0.39 is 5.97 Å². The number of amides is 1. The van der Waals surface area contributed by atoms with Gasteiger partial charge in [-0.25, -0.2) is 4.79 Å². The predicted octanol–water partition coefficient (Wildman–Crippen LogP) is 3.10. The minimum absolute atomic E-state index is 0.106. The number of esters is 1. The lowest BCUT2D eigenvalue weighted by molar-refractivity contribution is 0.0601. The van der Waals surface area contributed by atoms with E-state index in [0.29, 0.717) is 16.5 Å². The van der Waals surface area contributed by atoms with Crippen LogP contribution in [0.4, 0.5) is 0 Å². The van der Waals surface area contributed by atoms with E-state index in [1.807, 2.05) is 5.38 Å². The van der Waals surface area contributed by atoms with Crippen LogP contribution < -0.4 is 0 Å². The van der Waals surface area contributed by atoms with Gasteiger partial charge in [-0.15, -0.1) is 22.7 Å². The summed E-state index contributed by atoms with van der Waals surface area (Å²) in [5, 5.41) is 12.5. The first-order valence-electron chi connectivity index (χ1n) is 7.94. The van der Waals surface area contributed by atoms with Gasteiger partial charge in [0.25, 0.3) is 5.91 Å². The van der Waals surface area contributed by atoms with Gasteiger partial charge >= 0.3 is 5.97 Å². The Morgan fingerprint density at radius 1 is 1.15 bits per heavy atom. The van der Waals surface area contributed by atoms with E-state index in [1.165, 1.54) is 28.2 Å². The number of nitrogens with zero attached hydrogens (tertiary/aromatic N) is 2. The monoisotopic (exact) mass is 398 g/mol. The summed E-state index contributed by atoms with van der Waals surface area (Å²) < 4.78 is 4.53. The van der Waals surface area contributed by atoms with E-state index in [0.717, 1.165) is 5.56 Å². The summed E-state index contributed by atoms with van der Waals surface area (Å²) in [5.41, 5.74) is 1.44. The van der Waals surface area contributed by atoms with Gasteiger partial charge in [0.15, 0.2) is 0 Å². The van der Waals surface area contributed by atoms with Crippen molar-refractivity contribution in [3.63, 3.8) is 0 Å². The third-order valence-electron chi connectivity index (χ3n) is 3.68. The fraction of sp³-hybridized carbons (Fsp3) is 0.444. The van der Waals surface area contributed by atoms with Crippen molar-refractivity contribution in [3.8, 4) is 0 Å². The van der Waals surface area contributed by atoms with Crippen molar-refractivity contribution in [3.05, 3.63) is 43.8 Å². The molecule has 1 unspecified atom stereocenters. The minimum atomic E-state index is -0.418. The van der Waals surface area contributed by atoms with Gasteiger partial charge in [-0.3, -0.25) is 4.79 Å². The van der Waals surface area contributed by atoms with E-state index in [9.17, 15) is 9.59 Å². The van der Waals surface area contributed by atoms with Crippen molar-refractivity contribution in [2.24, 2.45) is 0 Å². The molecule has 8 heteroatoms. The van der Waals surface area contributed by atoms with E-state index >= 15 is 0 Å². The molecule has 144 valence electrons. The summed E-state index contributed by atoms with van der Waals surface area (Å²) in [4.78, 5) is 28.0. The highest BCUT2D eigenvalue weighted by molar-refractivity contribution is 7.12. The molecule has 0 fully saturated rings. The number of ether oxygens (including phenoxy) is 1. The molecule has 0 bridgehead atoms. The van der Waals surface area contributed by atoms with Crippen molar-refractivity contribution >= 4 is 34.6 Å². The molecule has 26 heavy (non-hydrogen) atoms. The van der Waals surface area contributed by atoms with Crippen LogP contribution in [0.15, 0.2) is 22.9 Å². The maximum absolute atomic E-state index is 11.5. The number of carbonyl (C=O) groups excluding carboxylic acids is 2. The zero-order valence-corrected chi connectivity index (χ0v) is 17.6. The van der Waals surface area contributed by atoms with Gasteiger partial charge in [0, 0.05) is 30.4 Å². The Hall–Kier alpha value is -1.74. The summed E-state index contributed by atoms with van der Waals surface area (Å²) in [6.45, 7) is 2.31. The Kier molecular flexibility index (Phi) is 8.94. The number of hydrogen-bond donors (Lipinski definition) is 1. The molecule has 0 saturated heterocycles. The molecule has 2 aromatic heterocycles. The molecule has 0 aromatic carbocycles. The Bertz CT molecular complexity index is 722. The lowest BCUT2D eigenvalue weighted by atomic mass is 10.2. The summed E-state index contributed by atoms with van der Waals surface area (Å²) in [7, 11) is 8.76. The van der Waals surface area contributed by atoms with Crippen LogP contribution in [-0.2, 0) is 11.3 Å². The highest BCUT2D eigenvalue weighted by atomic mass is 32.1. The molecular weight excluding hydrogens is 372 g/mol. The van der Waals surface area contributed by atoms with Gasteiger partial charge in [0.1, 0.15) is 0 Å². The summed E-state index contributed by atoms with van der Waals surface area (Å²) in [6.07, 6.45) is 0. The van der Waals surface area contributed by atoms with Gasteiger partial charge in [0.05, 0.1) is 24.2 Å². The normalized spacial score (nSPS) is 11.5. The minimum Gasteiger partial charge on any atom is -0.465 e. The predicted molar refractivity (Wildman–Crippen MR) is 106 cm³/mol. The molecule has 2 rings (SSSR count). The molecule has 6 nitrogen and oxygen atoms in total. The van der Waals surface area contributed by atoms with E-state index in [2.05, 4.69) is 36.7 Å². The van der Waals surface area contributed by atoms with Crippen LogP contribution in [0.3, 0.4) is 0 Å². The summed E-state index contributed by atoms with van der Waals surface area (Å²) >= 11 is 2.95. The molecule has 0 aliphatic rings. The van der Waals surface area contributed by atoms with Crippen molar-refractivity contribution < 1.29 is 19.4 Å². The number of aliphatic hydroxyl groups excluding tert-OH is 1. The van der Waals surface area contributed by atoms with Gasteiger partial charge in [0.2, 0.25) is 0 Å². The number of methoxy groups -OCH3 is 1. The van der Waals surface area contributed by atoms with Crippen LogP contribution in [0.1, 0.15) is 43.4 Å². The first kappa shape index (κ1) is 22.3. The van der Waals surface area contributed by atoms with E-state index in [4.69, 9.17) is 5.11 Å². The SMILES string of the molecule is CC(c1cc(CO)cs1)N(C)C.COC(=O)c1csc(C(=O)N(C)C)c1. The average Bonchev–Trinajstić information content (AvgIpc) is 3.29. The van der Waals surface area contributed by atoms with Crippen LogP contribution in [-0.4, -0.2) is 62.1 Å². The van der Waals surface area contributed by atoms with Crippen molar-refractivity contribution in [1.82, 2.24) is 9.80 Å². The van der Waals surface area contributed by atoms with Crippen molar-refractivity contribution in [1.29, 1.82) is 0 Å². The van der Waals surface area contributed by atoms with Crippen molar-refractivity contribution in [2.75, 3.05) is 35.3 Å². The molecule has 1 amide bonds. The number of thiophene rings is 2. The Labute approximate surface area is 162 Å². The lowest BCUT2D eigenvalue weighted by Crippen LogP contribution is -2.20. The highest BCUT2D eigenvalue weighted by Crippen LogP contribution is 2.24. The van der Waals surface area contributed by atoms with Crippen molar-refractivity contribution in [2.45, 2.75) is 19.6 Å². The molecular formula is C18H26N2O4S2. The van der Waals surface area contributed by atoms with Gasteiger partial charge in [-0.2, -0.15) is 0 Å². The smallest absolute Gasteiger partial charge is 0.338 e. The van der Waals surface area contributed by atoms with E-state index in [-0.39, 0.29) is 12.5 Å². The maximum atomic E-state index is 11.5. The third-order valence-corrected chi connectivity index (χ3v) is 5.75. The Morgan fingerprint density at radius 3 is 2.27 bits per heavy atom. The largest absolute Gasteiger partial charge is 0.465 e. The third kappa shape index (κ3) is 6.21. The molecule has 0 aliphatic heterocycles. The molecule has 1 atom stereocenters. The lowest BCUT2D eigenvalue weighted by Gasteiger charge is -2.17. The second-order valence-corrected chi connectivity index (χ2v) is 7.90. The first-order valence-corrected chi connectivity index (χ1v) is 9.70. The number of hydrogen-bond acceptors (Lipinski definition) is 7. The van der Waals surface area contributed by atoms with Gasteiger partial charge in [-0.05, 0) is 44.1 Å². The molecule has 1 N–H and O–H groups in total. The van der Waals surface area contributed by atoms with Gasteiger partial charge in [-0.1, -0.05) is 0 Å². The quantitative estimate of drug-likeness (QED) is 0.784. The second kappa shape index (κ2) is 10.4. The van der Waals surface area contributed by atoms with E-state index in [1.54, 1.807) is 36.9 Å². The molecule has 0 saturated carbocycles. The van der Waals surface area contributed by atoms with Crippen LogP contribution in [0.5, 0.6) is 0 Å². The molecule has 0 radical (unpaired) electrons. The average molecular weight is 399 g/mol. The standard InChI is InChI=1S/C9H11NO3S.C9H15NOS/c1-10(2)8(11)7-4-6(5-14-7)9(12)13-3;1-7(10(2)3)9-4-8(5-11)6-12-9/h4-5H,1-3H3;4,6-7,11H,5H2,1-3H3. The Balaban J connectivity index is 0.000000263. The summed E-state index contributed by atoms with van der Waals surface area (Å²) in [5.74, 6) is -0.524. The summed E-state index contributed by atoms with van der Waals surface area (Å²) in [6, 6.07) is 4.05. The second-order valence-electron chi connectivity index (χ2n) is 6.05. The maximum Gasteiger partial charge on any atom is 0.338 e. The molecule has 2 heterocycles. The Morgan fingerprint density at radius 2 is 1.81 bits per heavy atom. The number of carbonyl (C=O) groups is 2. The number of aliphatic hydroxyl groups is 1. The van der Waals surface area contributed by atoms with Crippen LogP contribution in [0, 0.1) is 0 Å². The topological polar surface area (TPSA) is 70.1 Å². The number of rotatable bonds is 5. The van der Waals surface area contributed by atoms with Crippen LogP contribution >= 0.6 is 22.7 Å². The zero-order valence-electron chi connectivity index (χ0n) is 16.0. The molecule has 2 aromatic rings.